The Labute approximate surface area is 89.8 Å². The number of nitrogens with zero attached hydrogens (tertiary/aromatic N) is 1. The van der Waals surface area contributed by atoms with Crippen LogP contribution in [0.5, 0.6) is 0 Å². The van der Waals surface area contributed by atoms with Gasteiger partial charge in [-0.2, -0.15) is 0 Å². The van der Waals surface area contributed by atoms with Crippen molar-refractivity contribution in [2.45, 2.75) is 13.8 Å². The topological polar surface area (TPSA) is 38.9 Å². The molecule has 0 aliphatic heterocycles. The van der Waals surface area contributed by atoms with Crippen molar-refractivity contribution in [1.29, 1.82) is 0 Å². The number of rotatable bonds is 1. The van der Waals surface area contributed by atoms with E-state index in [2.05, 4.69) is 37.0 Å². The minimum atomic E-state index is 0.589. The maximum Gasteiger partial charge on any atom is 0.131 e. The Morgan fingerprint density at radius 1 is 1.07 bits per heavy atom. The first-order valence-corrected chi connectivity index (χ1v) is 4.96. The molecule has 2 aromatic rings. The summed E-state index contributed by atoms with van der Waals surface area (Å²) < 4.78 is 0. The van der Waals surface area contributed by atoms with Gasteiger partial charge in [0, 0.05) is 11.8 Å². The molecule has 0 unspecified atom stereocenters. The second-order valence-electron chi connectivity index (χ2n) is 3.75. The molecule has 1 heterocycles. The number of anilines is 1. The van der Waals surface area contributed by atoms with Gasteiger partial charge < -0.3 is 5.73 Å². The van der Waals surface area contributed by atoms with Gasteiger partial charge in [-0.15, -0.1) is 0 Å². The van der Waals surface area contributed by atoms with Gasteiger partial charge in [0.1, 0.15) is 5.82 Å². The van der Waals surface area contributed by atoms with Gasteiger partial charge >= 0.3 is 0 Å². The molecule has 0 radical (unpaired) electrons. The molecule has 2 heteroatoms. The van der Waals surface area contributed by atoms with Crippen LogP contribution in [0.1, 0.15) is 11.1 Å². The average molecular weight is 198 g/mol. The van der Waals surface area contributed by atoms with Crippen molar-refractivity contribution >= 4 is 5.82 Å². The highest BCUT2D eigenvalue weighted by molar-refractivity contribution is 5.76. The molecule has 76 valence electrons. The number of aryl methyl sites for hydroxylation is 2. The molecule has 0 fully saturated rings. The number of benzene rings is 1. The SMILES string of the molecule is Cc1ccc(C)c(-c2cccnc2N)c1. The smallest absolute Gasteiger partial charge is 0.131 e. The Morgan fingerprint density at radius 3 is 2.60 bits per heavy atom. The standard InChI is InChI=1S/C13H14N2/c1-9-5-6-10(2)12(8-9)11-4-3-7-15-13(11)14/h3-8H,1-2H3,(H2,14,15). The van der Waals surface area contributed by atoms with Gasteiger partial charge in [-0.05, 0) is 37.1 Å². The van der Waals surface area contributed by atoms with Crippen molar-refractivity contribution in [3.8, 4) is 11.1 Å². The second-order valence-corrected chi connectivity index (χ2v) is 3.75. The summed E-state index contributed by atoms with van der Waals surface area (Å²) in [5.41, 5.74) is 10.5. The number of hydrogen-bond acceptors (Lipinski definition) is 2. The fourth-order valence-electron chi connectivity index (χ4n) is 1.67. The van der Waals surface area contributed by atoms with Crippen LogP contribution in [0.2, 0.25) is 0 Å². The number of aromatic nitrogens is 1. The minimum Gasteiger partial charge on any atom is -0.383 e. The van der Waals surface area contributed by atoms with E-state index in [1.807, 2.05) is 12.1 Å². The van der Waals surface area contributed by atoms with Crippen LogP contribution in [0.3, 0.4) is 0 Å². The molecule has 0 atom stereocenters. The average Bonchev–Trinajstić information content (AvgIpc) is 2.23. The summed E-state index contributed by atoms with van der Waals surface area (Å²) in [6.07, 6.45) is 1.71. The van der Waals surface area contributed by atoms with E-state index in [1.165, 1.54) is 16.7 Å². The minimum absolute atomic E-state index is 0.589. The van der Waals surface area contributed by atoms with E-state index in [1.54, 1.807) is 6.20 Å². The van der Waals surface area contributed by atoms with Crippen molar-refractivity contribution in [2.75, 3.05) is 5.73 Å². The number of pyridine rings is 1. The zero-order valence-corrected chi connectivity index (χ0v) is 8.99. The van der Waals surface area contributed by atoms with Crippen LogP contribution in [0.15, 0.2) is 36.5 Å². The van der Waals surface area contributed by atoms with E-state index in [4.69, 9.17) is 5.73 Å². The molecule has 2 nitrogen and oxygen atoms in total. The summed E-state index contributed by atoms with van der Waals surface area (Å²) in [6.45, 7) is 4.16. The molecule has 0 saturated heterocycles. The zero-order chi connectivity index (χ0) is 10.8. The largest absolute Gasteiger partial charge is 0.383 e. The van der Waals surface area contributed by atoms with E-state index in [0.29, 0.717) is 5.82 Å². The van der Waals surface area contributed by atoms with Gasteiger partial charge in [0.05, 0.1) is 0 Å². The third-order valence-electron chi connectivity index (χ3n) is 2.52. The highest BCUT2D eigenvalue weighted by atomic mass is 14.8. The first kappa shape index (κ1) is 9.71. The normalized spacial score (nSPS) is 10.3. The van der Waals surface area contributed by atoms with Crippen LogP contribution >= 0.6 is 0 Å². The Kier molecular flexibility index (Phi) is 2.42. The molecular weight excluding hydrogens is 184 g/mol. The Bertz CT molecular complexity index is 490. The molecule has 2 N–H and O–H groups in total. The van der Waals surface area contributed by atoms with Crippen LogP contribution in [0, 0.1) is 13.8 Å². The van der Waals surface area contributed by atoms with Crippen molar-refractivity contribution < 1.29 is 0 Å². The van der Waals surface area contributed by atoms with Crippen molar-refractivity contribution in [2.24, 2.45) is 0 Å². The summed E-state index contributed by atoms with van der Waals surface area (Å²) in [7, 11) is 0. The maximum absolute atomic E-state index is 5.86. The monoisotopic (exact) mass is 198 g/mol. The molecule has 0 spiro atoms. The lowest BCUT2D eigenvalue weighted by molar-refractivity contribution is 1.32. The first-order chi connectivity index (χ1) is 7.18. The summed E-state index contributed by atoms with van der Waals surface area (Å²) in [6, 6.07) is 10.3. The van der Waals surface area contributed by atoms with E-state index in [9.17, 15) is 0 Å². The molecule has 1 aromatic carbocycles. The highest BCUT2D eigenvalue weighted by Gasteiger charge is 2.05. The van der Waals surface area contributed by atoms with Gasteiger partial charge in [-0.3, -0.25) is 0 Å². The molecule has 2 rings (SSSR count). The zero-order valence-electron chi connectivity index (χ0n) is 8.99. The lowest BCUT2D eigenvalue weighted by Crippen LogP contribution is -1.94. The lowest BCUT2D eigenvalue weighted by Gasteiger charge is -2.08. The van der Waals surface area contributed by atoms with Crippen molar-refractivity contribution in [1.82, 2.24) is 4.98 Å². The van der Waals surface area contributed by atoms with Crippen molar-refractivity contribution in [3.05, 3.63) is 47.7 Å². The third kappa shape index (κ3) is 1.84. The quantitative estimate of drug-likeness (QED) is 0.765. The second kappa shape index (κ2) is 3.73. The van der Waals surface area contributed by atoms with Gasteiger partial charge in [0.15, 0.2) is 0 Å². The maximum atomic E-state index is 5.86. The molecule has 15 heavy (non-hydrogen) atoms. The Morgan fingerprint density at radius 2 is 1.87 bits per heavy atom. The summed E-state index contributed by atoms with van der Waals surface area (Å²) in [5, 5.41) is 0. The third-order valence-corrected chi connectivity index (χ3v) is 2.52. The van der Waals surface area contributed by atoms with E-state index < -0.39 is 0 Å². The van der Waals surface area contributed by atoms with Gasteiger partial charge in [-0.1, -0.05) is 23.8 Å². The molecule has 0 aliphatic carbocycles. The predicted octanol–water partition coefficient (Wildman–Crippen LogP) is 2.95. The Hall–Kier alpha value is -1.83. The molecule has 0 amide bonds. The molecule has 1 aromatic heterocycles. The van der Waals surface area contributed by atoms with Crippen LogP contribution in [0.4, 0.5) is 5.82 Å². The molecule has 0 bridgehead atoms. The number of nitrogen functional groups attached to an aromatic ring is 1. The van der Waals surface area contributed by atoms with E-state index in [0.717, 1.165) is 5.56 Å². The number of nitrogens with two attached hydrogens (primary N) is 1. The van der Waals surface area contributed by atoms with Gasteiger partial charge in [0.2, 0.25) is 0 Å². The fourth-order valence-corrected chi connectivity index (χ4v) is 1.67. The summed E-state index contributed by atoms with van der Waals surface area (Å²) in [4.78, 5) is 4.10. The van der Waals surface area contributed by atoms with E-state index in [-0.39, 0.29) is 0 Å². The summed E-state index contributed by atoms with van der Waals surface area (Å²) >= 11 is 0. The van der Waals surface area contributed by atoms with Crippen LogP contribution in [-0.2, 0) is 0 Å². The first-order valence-electron chi connectivity index (χ1n) is 4.96. The van der Waals surface area contributed by atoms with Crippen LogP contribution in [-0.4, -0.2) is 4.98 Å². The fraction of sp³-hybridized carbons (Fsp3) is 0.154. The van der Waals surface area contributed by atoms with Crippen molar-refractivity contribution in [3.63, 3.8) is 0 Å². The van der Waals surface area contributed by atoms with Crippen LogP contribution in [0.25, 0.3) is 11.1 Å². The van der Waals surface area contributed by atoms with Gasteiger partial charge in [0.25, 0.3) is 0 Å². The lowest BCUT2D eigenvalue weighted by atomic mass is 9.99. The van der Waals surface area contributed by atoms with Crippen LogP contribution < -0.4 is 5.73 Å². The molecule has 0 saturated carbocycles. The molecule has 0 aliphatic rings. The Balaban J connectivity index is 2.64. The highest BCUT2D eigenvalue weighted by Crippen LogP contribution is 2.27. The predicted molar refractivity (Wildman–Crippen MR) is 63.6 cm³/mol. The summed E-state index contributed by atoms with van der Waals surface area (Å²) in [5.74, 6) is 0.589. The van der Waals surface area contributed by atoms with Gasteiger partial charge in [-0.25, -0.2) is 4.98 Å². The van der Waals surface area contributed by atoms with E-state index >= 15 is 0 Å². The molecular formula is C13H14N2. The number of hydrogen-bond donors (Lipinski definition) is 1.